The van der Waals surface area contributed by atoms with Crippen LogP contribution in [0.2, 0.25) is 0 Å². The van der Waals surface area contributed by atoms with Crippen molar-refractivity contribution in [2.75, 3.05) is 0 Å². The fourth-order valence-corrected chi connectivity index (χ4v) is 3.61. The van der Waals surface area contributed by atoms with Crippen LogP contribution in [0.3, 0.4) is 0 Å². The molecule has 0 aliphatic carbocycles. The Morgan fingerprint density at radius 1 is 1.04 bits per heavy atom. The van der Waals surface area contributed by atoms with E-state index in [0.29, 0.717) is 10.9 Å². The zero-order chi connectivity index (χ0) is 19.0. The van der Waals surface area contributed by atoms with Gasteiger partial charge in [-0.15, -0.1) is 10.2 Å². The Kier molecular flexibility index (Phi) is 4.49. The smallest absolute Gasteiger partial charge is 0.279 e. The third-order valence-electron chi connectivity index (χ3n) is 4.07. The predicted molar refractivity (Wildman–Crippen MR) is 99.2 cm³/mol. The standard InChI is InChI=1S/C19H14F2N4OS/c1-12-3-2-4-13(9-12)11-27-19-23-22-17-18(26)24(7-8-25(17)19)14-5-6-15(20)16(21)10-14/h2-10H,11H2,1H3. The van der Waals surface area contributed by atoms with Crippen molar-refractivity contribution in [3.8, 4) is 5.69 Å². The van der Waals surface area contributed by atoms with Gasteiger partial charge in [-0.05, 0) is 24.6 Å². The summed E-state index contributed by atoms with van der Waals surface area (Å²) in [5, 5.41) is 8.64. The van der Waals surface area contributed by atoms with Gasteiger partial charge >= 0.3 is 5.56 Å². The summed E-state index contributed by atoms with van der Waals surface area (Å²) < 4.78 is 29.4. The topological polar surface area (TPSA) is 52.2 Å². The van der Waals surface area contributed by atoms with Gasteiger partial charge in [-0.3, -0.25) is 13.8 Å². The van der Waals surface area contributed by atoms with E-state index in [1.165, 1.54) is 34.2 Å². The maximum Gasteiger partial charge on any atom is 0.300 e. The first kappa shape index (κ1) is 17.4. The Labute approximate surface area is 157 Å². The minimum Gasteiger partial charge on any atom is -0.279 e. The van der Waals surface area contributed by atoms with E-state index in [9.17, 15) is 13.6 Å². The summed E-state index contributed by atoms with van der Waals surface area (Å²) in [6.45, 7) is 2.03. The maximum atomic E-state index is 13.5. The fourth-order valence-electron chi connectivity index (χ4n) is 2.75. The van der Waals surface area contributed by atoms with E-state index in [1.807, 2.05) is 25.1 Å². The SMILES string of the molecule is Cc1cccc(CSc2nnc3c(=O)n(-c4ccc(F)c(F)c4)ccn23)c1. The molecule has 8 heteroatoms. The molecule has 0 atom stereocenters. The molecular formula is C19H14F2N4OS. The van der Waals surface area contributed by atoms with E-state index < -0.39 is 17.2 Å². The van der Waals surface area contributed by atoms with Gasteiger partial charge in [0.2, 0.25) is 5.65 Å². The van der Waals surface area contributed by atoms with Crippen molar-refractivity contribution < 1.29 is 8.78 Å². The summed E-state index contributed by atoms with van der Waals surface area (Å²) >= 11 is 1.46. The number of aryl methyl sites for hydroxylation is 1. The lowest BCUT2D eigenvalue weighted by Gasteiger charge is -2.07. The van der Waals surface area contributed by atoms with Crippen LogP contribution in [0, 0.1) is 18.6 Å². The summed E-state index contributed by atoms with van der Waals surface area (Å²) in [4.78, 5) is 12.7. The van der Waals surface area contributed by atoms with Gasteiger partial charge in [0, 0.05) is 24.2 Å². The number of rotatable bonds is 4. The Morgan fingerprint density at radius 3 is 2.67 bits per heavy atom. The molecule has 0 radical (unpaired) electrons. The van der Waals surface area contributed by atoms with E-state index >= 15 is 0 Å². The minimum atomic E-state index is -1.02. The quantitative estimate of drug-likeness (QED) is 0.503. The molecule has 4 rings (SSSR count). The molecule has 0 spiro atoms. The highest BCUT2D eigenvalue weighted by molar-refractivity contribution is 7.98. The fraction of sp³-hybridized carbons (Fsp3) is 0.105. The number of fused-ring (bicyclic) bond motifs is 1. The third kappa shape index (κ3) is 3.35. The average molecular weight is 384 g/mol. The number of nitrogens with zero attached hydrogens (tertiary/aromatic N) is 4. The second kappa shape index (κ2) is 6.96. The second-order valence-corrected chi connectivity index (χ2v) is 6.97. The molecular weight excluding hydrogens is 370 g/mol. The van der Waals surface area contributed by atoms with Crippen molar-refractivity contribution in [2.45, 2.75) is 17.8 Å². The molecule has 27 heavy (non-hydrogen) atoms. The molecule has 0 amide bonds. The van der Waals surface area contributed by atoms with E-state index in [2.05, 4.69) is 16.3 Å². The molecule has 5 nitrogen and oxygen atoms in total. The molecule has 0 unspecified atom stereocenters. The molecule has 0 aliphatic heterocycles. The Bertz CT molecular complexity index is 1200. The number of benzene rings is 2. The molecule has 136 valence electrons. The Morgan fingerprint density at radius 2 is 1.89 bits per heavy atom. The van der Waals surface area contributed by atoms with E-state index in [1.54, 1.807) is 10.6 Å². The average Bonchev–Trinajstić information content (AvgIpc) is 3.07. The van der Waals surface area contributed by atoms with Crippen LogP contribution in [0.25, 0.3) is 11.3 Å². The summed E-state index contributed by atoms with van der Waals surface area (Å²) in [7, 11) is 0. The zero-order valence-corrected chi connectivity index (χ0v) is 15.1. The van der Waals surface area contributed by atoms with Crippen molar-refractivity contribution in [1.29, 1.82) is 0 Å². The number of hydrogen-bond donors (Lipinski definition) is 0. The summed E-state index contributed by atoms with van der Waals surface area (Å²) in [6.07, 6.45) is 3.12. The van der Waals surface area contributed by atoms with Crippen LogP contribution in [-0.2, 0) is 5.75 Å². The number of thioether (sulfide) groups is 1. The van der Waals surface area contributed by atoms with Gasteiger partial charge in [0.1, 0.15) is 0 Å². The van der Waals surface area contributed by atoms with Gasteiger partial charge < -0.3 is 0 Å². The molecule has 0 saturated heterocycles. The van der Waals surface area contributed by atoms with Crippen LogP contribution in [0.4, 0.5) is 8.78 Å². The monoisotopic (exact) mass is 384 g/mol. The van der Waals surface area contributed by atoms with Gasteiger partial charge in [-0.25, -0.2) is 8.78 Å². The van der Waals surface area contributed by atoms with Gasteiger partial charge in [-0.1, -0.05) is 41.6 Å². The van der Waals surface area contributed by atoms with Crippen molar-refractivity contribution >= 4 is 17.4 Å². The van der Waals surface area contributed by atoms with Crippen molar-refractivity contribution in [3.63, 3.8) is 0 Å². The first-order chi connectivity index (χ1) is 13.0. The molecule has 0 saturated carbocycles. The Balaban J connectivity index is 1.67. The van der Waals surface area contributed by atoms with Crippen LogP contribution >= 0.6 is 11.8 Å². The van der Waals surface area contributed by atoms with Gasteiger partial charge in [0.15, 0.2) is 16.8 Å². The van der Waals surface area contributed by atoms with E-state index in [4.69, 9.17) is 0 Å². The highest BCUT2D eigenvalue weighted by Gasteiger charge is 2.13. The summed E-state index contributed by atoms with van der Waals surface area (Å²) in [5.41, 5.74) is 2.20. The van der Waals surface area contributed by atoms with Gasteiger partial charge in [-0.2, -0.15) is 0 Å². The van der Waals surface area contributed by atoms with Crippen LogP contribution in [0.15, 0.2) is 64.8 Å². The van der Waals surface area contributed by atoms with Crippen LogP contribution < -0.4 is 5.56 Å². The highest BCUT2D eigenvalue weighted by atomic mass is 32.2. The first-order valence-corrected chi connectivity index (χ1v) is 9.11. The molecule has 2 aromatic heterocycles. The largest absolute Gasteiger partial charge is 0.300 e. The van der Waals surface area contributed by atoms with Gasteiger partial charge in [0.25, 0.3) is 0 Å². The lowest BCUT2D eigenvalue weighted by atomic mass is 10.2. The normalized spacial score (nSPS) is 11.2. The van der Waals surface area contributed by atoms with E-state index in [-0.39, 0.29) is 11.3 Å². The lowest BCUT2D eigenvalue weighted by molar-refractivity contribution is 0.508. The number of halogens is 2. The summed E-state index contributed by atoms with van der Waals surface area (Å²) in [6, 6.07) is 11.4. The number of hydrogen-bond acceptors (Lipinski definition) is 4. The molecule has 0 bridgehead atoms. The van der Waals surface area contributed by atoms with Crippen LogP contribution in [0.5, 0.6) is 0 Å². The Hall–Kier alpha value is -3.00. The lowest BCUT2D eigenvalue weighted by Crippen LogP contribution is -2.20. The van der Waals surface area contributed by atoms with E-state index in [0.717, 1.165) is 17.7 Å². The minimum absolute atomic E-state index is 0.119. The van der Waals surface area contributed by atoms with Crippen LogP contribution in [0.1, 0.15) is 11.1 Å². The molecule has 0 aliphatic rings. The zero-order valence-electron chi connectivity index (χ0n) is 14.3. The molecule has 4 aromatic rings. The van der Waals surface area contributed by atoms with Crippen molar-refractivity contribution in [2.24, 2.45) is 0 Å². The predicted octanol–water partition coefficient (Wildman–Crippen LogP) is 3.76. The van der Waals surface area contributed by atoms with Crippen molar-refractivity contribution in [1.82, 2.24) is 19.2 Å². The molecule has 0 N–H and O–H groups in total. The molecule has 2 heterocycles. The third-order valence-corrected chi connectivity index (χ3v) is 5.09. The summed E-state index contributed by atoms with van der Waals surface area (Å²) in [5.74, 6) is -1.30. The van der Waals surface area contributed by atoms with Gasteiger partial charge in [0.05, 0.1) is 5.69 Å². The first-order valence-electron chi connectivity index (χ1n) is 8.13. The highest BCUT2D eigenvalue weighted by Crippen LogP contribution is 2.21. The number of aromatic nitrogens is 4. The molecule has 2 aromatic carbocycles. The maximum absolute atomic E-state index is 13.5. The van der Waals surface area contributed by atoms with Crippen LogP contribution in [-0.4, -0.2) is 19.2 Å². The van der Waals surface area contributed by atoms with Crippen molar-refractivity contribution in [3.05, 3.63) is 88.0 Å². The second-order valence-electron chi connectivity index (χ2n) is 6.03. The molecule has 0 fully saturated rings.